The largest absolute Gasteiger partial charge is 0.337 e. The molecule has 1 N–H and O–H groups in total. The summed E-state index contributed by atoms with van der Waals surface area (Å²) in [5, 5.41) is 0.987. The molecule has 0 aliphatic heterocycles. The molecule has 0 aliphatic rings. The molecule has 2 rings (SSSR count). The quantitative estimate of drug-likeness (QED) is 0.585. The smallest absolute Gasteiger partial charge is 0.182 e. The lowest BCUT2D eigenvalue weighted by molar-refractivity contribution is 0.922. The fourth-order valence-corrected chi connectivity index (χ4v) is 2.75. The number of rotatable bonds is 2. The van der Waals surface area contributed by atoms with Crippen LogP contribution >= 0.6 is 51.3 Å². The van der Waals surface area contributed by atoms with Crippen LogP contribution in [0.3, 0.4) is 0 Å². The van der Waals surface area contributed by atoms with Gasteiger partial charge < -0.3 is 4.98 Å². The highest BCUT2D eigenvalue weighted by molar-refractivity contribution is 9.10. The van der Waals surface area contributed by atoms with Gasteiger partial charge in [-0.05, 0) is 46.7 Å². The first-order valence-corrected chi connectivity index (χ1v) is 6.95. The number of nitrogens with one attached hydrogen (secondary N) is 1. The van der Waals surface area contributed by atoms with Crippen LogP contribution in [0, 0.1) is 4.77 Å². The fraction of sp³-hybridized carbons (Fsp3) is 0.182. The molecule has 0 fully saturated rings. The molecule has 0 aliphatic carbocycles. The maximum Gasteiger partial charge on any atom is 0.182 e. The molecule has 2 nitrogen and oxygen atoms in total. The third-order valence-corrected chi connectivity index (χ3v) is 4.53. The molecule has 0 atom stereocenters. The lowest BCUT2D eigenvalue weighted by Gasteiger charge is -2.11. The number of nitrogens with zero attached hydrogens (tertiary/aromatic N) is 1. The van der Waals surface area contributed by atoms with E-state index in [1.54, 1.807) is 0 Å². The Morgan fingerprint density at radius 1 is 1.35 bits per heavy atom. The Balaban J connectivity index is 2.73. The van der Waals surface area contributed by atoms with Gasteiger partial charge in [0.2, 0.25) is 0 Å². The highest BCUT2D eigenvalue weighted by atomic mass is 79.9. The minimum absolute atomic E-state index is 0.492. The van der Waals surface area contributed by atoms with E-state index in [-0.39, 0.29) is 0 Å². The van der Waals surface area contributed by atoms with Gasteiger partial charge in [-0.25, -0.2) is 0 Å². The van der Waals surface area contributed by atoms with Crippen LogP contribution in [0.1, 0.15) is 12.6 Å². The minimum atomic E-state index is 0.492. The Hall–Kier alpha value is -0.290. The van der Waals surface area contributed by atoms with Crippen LogP contribution in [-0.4, -0.2) is 9.55 Å². The van der Waals surface area contributed by atoms with Crippen LogP contribution in [-0.2, 0) is 6.42 Å². The van der Waals surface area contributed by atoms with Crippen LogP contribution in [0.25, 0.3) is 5.69 Å². The van der Waals surface area contributed by atoms with Crippen LogP contribution in [0.5, 0.6) is 0 Å². The summed E-state index contributed by atoms with van der Waals surface area (Å²) in [4.78, 5) is 3.01. The number of H-pyrrole nitrogens is 1. The molecule has 1 heterocycles. The molecule has 0 bridgehead atoms. The maximum atomic E-state index is 6.25. The zero-order chi connectivity index (χ0) is 12.6. The maximum absolute atomic E-state index is 6.25. The zero-order valence-electron chi connectivity index (χ0n) is 8.93. The van der Waals surface area contributed by atoms with Crippen molar-refractivity contribution in [3.63, 3.8) is 0 Å². The van der Waals surface area contributed by atoms with Gasteiger partial charge in [0.25, 0.3) is 0 Å². The molecule has 0 amide bonds. The van der Waals surface area contributed by atoms with E-state index in [1.165, 1.54) is 0 Å². The number of hydrogen-bond donors (Lipinski definition) is 1. The Morgan fingerprint density at radius 2 is 2.06 bits per heavy atom. The number of halogens is 3. The predicted molar refractivity (Wildman–Crippen MR) is 78.1 cm³/mol. The minimum Gasteiger partial charge on any atom is -0.337 e. The van der Waals surface area contributed by atoms with Crippen LogP contribution in [0.15, 0.2) is 22.8 Å². The molecule has 17 heavy (non-hydrogen) atoms. The average Bonchev–Trinajstić information content (AvgIpc) is 2.68. The number of imidazole rings is 1. The van der Waals surface area contributed by atoms with E-state index in [2.05, 4.69) is 27.8 Å². The van der Waals surface area contributed by atoms with Gasteiger partial charge in [0, 0.05) is 16.4 Å². The van der Waals surface area contributed by atoms with Crippen LogP contribution < -0.4 is 0 Å². The lowest BCUT2D eigenvalue weighted by atomic mass is 10.3. The number of aromatic nitrogens is 2. The van der Waals surface area contributed by atoms with Gasteiger partial charge in [0.05, 0.1) is 15.7 Å². The van der Waals surface area contributed by atoms with Gasteiger partial charge in [-0.1, -0.05) is 30.1 Å². The molecule has 0 spiro atoms. The molecule has 0 unspecified atom stereocenters. The first kappa shape index (κ1) is 13.1. The van der Waals surface area contributed by atoms with E-state index in [4.69, 9.17) is 35.4 Å². The summed E-state index contributed by atoms with van der Waals surface area (Å²) >= 11 is 20.9. The van der Waals surface area contributed by atoms with E-state index in [9.17, 15) is 0 Å². The first-order valence-electron chi connectivity index (χ1n) is 4.99. The predicted octanol–water partition coefficient (Wildman–Crippen LogP) is 5.17. The monoisotopic (exact) mass is 350 g/mol. The molecular formula is C11H9BrCl2N2S. The highest BCUT2D eigenvalue weighted by Crippen LogP contribution is 2.35. The van der Waals surface area contributed by atoms with Crippen molar-refractivity contribution in [2.45, 2.75) is 13.3 Å². The second-order valence-electron chi connectivity index (χ2n) is 3.47. The van der Waals surface area contributed by atoms with Crippen molar-refractivity contribution < 1.29 is 0 Å². The van der Waals surface area contributed by atoms with Gasteiger partial charge >= 0.3 is 0 Å². The van der Waals surface area contributed by atoms with Crippen molar-refractivity contribution in [1.82, 2.24) is 9.55 Å². The van der Waals surface area contributed by atoms with Gasteiger partial charge in [-0.3, -0.25) is 4.57 Å². The molecular weight excluding hydrogens is 343 g/mol. The summed E-state index contributed by atoms with van der Waals surface area (Å²) in [7, 11) is 0. The van der Waals surface area contributed by atoms with Crippen molar-refractivity contribution >= 4 is 51.3 Å². The molecule has 0 saturated heterocycles. The standard InChI is InChI=1S/C11H9BrCl2N2S/c1-2-6-5-15-11(17)16(6)8-4-3-7(12)9(13)10(8)14/h3-5H,2H2,1H3,(H,15,17). The van der Waals surface area contributed by atoms with Crippen molar-refractivity contribution in [2.75, 3.05) is 0 Å². The Bertz CT molecular complexity index is 618. The second-order valence-corrected chi connectivity index (χ2v) is 5.47. The summed E-state index contributed by atoms with van der Waals surface area (Å²) in [5.74, 6) is 0. The molecule has 1 aromatic heterocycles. The van der Waals surface area contributed by atoms with Gasteiger partial charge in [0.15, 0.2) is 4.77 Å². The fourth-order valence-electron chi connectivity index (χ4n) is 1.62. The SMILES string of the molecule is CCc1c[nH]c(=S)n1-c1ccc(Br)c(Cl)c1Cl. The van der Waals surface area contributed by atoms with Crippen molar-refractivity contribution in [3.8, 4) is 5.69 Å². The summed E-state index contributed by atoms with van der Waals surface area (Å²) < 4.78 is 3.28. The van der Waals surface area contributed by atoms with E-state index in [0.717, 1.165) is 22.3 Å². The molecule has 1 aromatic carbocycles. The highest BCUT2D eigenvalue weighted by Gasteiger charge is 2.13. The number of aryl methyl sites for hydroxylation is 1. The summed E-state index contributed by atoms with van der Waals surface area (Å²) in [6.45, 7) is 2.06. The number of hydrogen-bond acceptors (Lipinski definition) is 1. The van der Waals surface area contributed by atoms with Crippen molar-refractivity contribution in [2.24, 2.45) is 0 Å². The van der Waals surface area contributed by atoms with E-state index in [0.29, 0.717) is 14.8 Å². The second kappa shape index (κ2) is 5.14. The van der Waals surface area contributed by atoms with Crippen molar-refractivity contribution in [3.05, 3.63) is 43.3 Å². The van der Waals surface area contributed by atoms with Crippen molar-refractivity contribution in [1.29, 1.82) is 0 Å². The van der Waals surface area contributed by atoms with E-state index < -0.39 is 0 Å². The number of aromatic amines is 1. The molecule has 6 heteroatoms. The molecule has 2 aromatic rings. The van der Waals surface area contributed by atoms with Gasteiger partial charge in [-0.2, -0.15) is 0 Å². The molecule has 90 valence electrons. The van der Waals surface area contributed by atoms with Gasteiger partial charge in [-0.15, -0.1) is 0 Å². The van der Waals surface area contributed by atoms with Crippen LogP contribution in [0.2, 0.25) is 10.0 Å². The summed E-state index contributed by atoms with van der Waals surface area (Å²) in [6.07, 6.45) is 2.74. The summed E-state index contributed by atoms with van der Waals surface area (Å²) in [6, 6.07) is 3.75. The van der Waals surface area contributed by atoms with Gasteiger partial charge in [0.1, 0.15) is 0 Å². The van der Waals surface area contributed by atoms with Crippen LogP contribution in [0.4, 0.5) is 0 Å². The Labute approximate surface area is 123 Å². The molecule has 0 radical (unpaired) electrons. The zero-order valence-corrected chi connectivity index (χ0v) is 12.8. The normalized spacial score (nSPS) is 10.8. The third kappa shape index (κ3) is 2.32. The van der Waals surface area contributed by atoms with E-state index >= 15 is 0 Å². The molecule has 0 saturated carbocycles. The number of benzene rings is 1. The Morgan fingerprint density at radius 3 is 2.71 bits per heavy atom. The lowest BCUT2D eigenvalue weighted by Crippen LogP contribution is -2.00. The average molecular weight is 352 g/mol. The topological polar surface area (TPSA) is 20.7 Å². The van der Waals surface area contributed by atoms with E-state index in [1.807, 2.05) is 22.9 Å². The summed E-state index contributed by atoms with van der Waals surface area (Å²) in [5.41, 5.74) is 1.86. The first-order chi connectivity index (χ1) is 8.06. The third-order valence-electron chi connectivity index (χ3n) is 2.47. The Kier molecular flexibility index (Phi) is 3.98.